The third kappa shape index (κ3) is 5.43. The number of hydrogen-bond acceptors (Lipinski definition) is 5. The van der Waals surface area contributed by atoms with E-state index in [-0.39, 0.29) is 18.1 Å². The van der Waals surface area contributed by atoms with E-state index in [9.17, 15) is 4.79 Å². The maximum Gasteiger partial charge on any atom is 0.253 e. The minimum absolute atomic E-state index is 0.106. The van der Waals surface area contributed by atoms with Gasteiger partial charge in [0.1, 0.15) is 18.5 Å². The second kappa shape index (κ2) is 9.35. The first-order valence-electron chi connectivity index (χ1n) is 9.51. The number of hydrogen-bond donors (Lipinski definition) is 1. The SMILES string of the molecule is Cc1ccc(NC(=O)C(C)OCC2CCCO2)c(OCC2CCCO2)c1. The van der Waals surface area contributed by atoms with Crippen molar-refractivity contribution in [1.82, 2.24) is 0 Å². The molecule has 0 aromatic heterocycles. The highest BCUT2D eigenvalue weighted by atomic mass is 16.5. The van der Waals surface area contributed by atoms with Crippen molar-refractivity contribution in [3.63, 3.8) is 0 Å². The second-order valence-corrected chi connectivity index (χ2v) is 7.05. The lowest BCUT2D eigenvalue weighted by Gasteiger charge is -2.19. The standard InChI is InChI=1S/C20H29NO5/c1-14-7-8-18(19(11-14)26-13-17-6-4-10-24-17)21-20(22)15(2)25-12-16-5-3-9-23-16/h7-8,11,15-17H,3-6,9-10,12-13H2,1-2H3,(H,21,22). The van der Waals surface area contributed by atoms with E-state index in [1.807, 2.05) is 25.1 Å². The molecule has 0 bridgehead atoms. The third-order valence-corrected chi connectivity index (χ3v) is 4.77. The Bertz CT molecular complexity index is 594. The van der Waals surface area contributed by atoms with Gasteiger partial charge in [-0.15, -0.1) is 0 Å². The van der Waals surface area contributed by atoms with Crippen molar-refractivity contribution in [2.24, 2.45) is 0 Å². The molecular formula is C20H29NO5. The minimum Gasteiger partial charge on any atom is -0.489 e. The number of carbonyl (C=O) groups is 1. The molecule has 2 heterocycles. The predicted molar refractivity (Wildman–Crippen MR) is 98.7 cm³/mol. The molecule has 0 radical (unpaired) electrons. The molecule has 0 spiro atoms. The number of amides is 1. The number of nitrogens with one attached hydrogen (secondary N) is 1. The van der Waals surface area contributed by atoms with Crippen LogP contribution in [-0.2, 0) is 19.0 Å². The molecule has 26 heavy (non-hydrogen) atoms. The van der Waals surface area contributed by atoms with Gasteiger partial charge in [0.15, 0.2) is 0 Å². The Balaban J connectivity index is 1.53. The molecule has 3 unspecified atom stereocenters. The van der Waals surface area contributed by atoms with Crippen LogP contribution in [0.3, 0.4) is 0 Å². The monoisotopic (exact) mass is 363 g/mol. The van der Waals surface area contributed by atoms with Gasteiger partial charge in [-0.05, 0) is 57.2 Å². The summed E-state index contributed by atoms with van der Waals surface area (Å²) in [4.78, 5) is 12.5. The molecule has 1 amide bonds. The summed E-state index contributed by atoms with van der Waals surface area (Å²) in [6.45, 7) is 6.28. The van der Waals surface area contributed by atoms with E-state index >= 15 is 0 Å². The first-order chi connectivity index (χ1) is 12.6. The fourth-order valence-corrected chi connectivity index (χ4v) is 3.15. The summed E-state index contributed by atoms with van der Waals surface area (Å²) in [5, 5.41) is 2.92. The quantitative estimate of drug-likeness (QED) is 0.769. The maximum absolute atomic E-state index is 12.5. The largest absolute Gasteiger partial charge is 0.489 e. The zero-order valence-corrected chi connectivity index (χ0v) is 15.7. The molecule has 6 heteroatoms. The lowest BCUT2D eigenvalue weighted by atomic mass is 10.2. The summed E-state index contributed by atoms with van der Waals surface area (Å²) >= 11 is 0. The lowest BCUT2D eigenvalue weighted by molar-refractivity contribution is -0.128. The Hall–Kier alpha value is -1.63. The van der Waals surface area contributed by atoms with Crippen LogP contribution >= 0.6 is 0 Å². The topological polar surface area (TPSA) is 66.0 Å². The number of carbonyl (C=O) groups excluding carboxylic acids is 1. The van der Waals surface area contributed by atoms with Crippen LogP contribution in [0, 0.1) is 6.92 Å². The van der Waals surface area contributed by atoms with Gasteiger partial charge in [-0.25, -0.2) is 0 Å². The molecule has 0 saturated carbocycles. The van der Waals surface area contributed by atoms with E-state index in [1.54, 1.807) is 6.92 Å². The zero-order valence-electron chi connectivity index (χ0n) is 15.7. The molecule has 0 aliphatic carbocycles. The van der Waals surface area contributed by atoms with Crippen molar-refractivity contribution < 1.29 is 23.7 Å². The van der Waals surface area contributed by atoms with Crippen molar-refractivity contribution in [1.29, 1.82) is 0 Å². The highest BCUT2D eigenvalue weighted by molar-refractivity contribution is 5.95. The molecule has 1 N–H and O–H groups in total. The fraction of sp³-hybridized carbons (Fsp3) is 0.650. The van der Waals surface area contributed by atoms with Gasteiger partial charge in [0.2, 0.25) is 0 Å². The van der Waals surface area contributed by atoms with E-state index in [4.69, 9.17) is 18.9 Å². The predicted octanol–water partition coefficient (Wildman–Crippen LogP) is 3.08. The van der Waals surface area contributed by atoms with Gasteiger partial charge in [0.25, 0.3) is 5.91 Å². The summed E-state index contributed by atoms with van der Waals surface area (Å²) in [7, 11) is 0. The molecule has 1 aromatic rings. The lowest BCUT2D eigenvalue weighted by Crippen LogP contribution is -2.30. The van der Waals surface area contributed by atoms with E-state index < -0.39 is 6.10 Å². The first-order valence-corrected chi connectivity index (χ1v) is 9.51. The minimum atomic E-state index is -0.550. The second-order valence-electron chi connectivity index (χ2n) is 7.05. The molecule has 2 fully saturated rings. The van der Waals surface area contributed by atoms with Gasteiger partial charge >= 0.3 is 0 Å². The Labute approximate surface area is 155 Å². The van der Waals surface area contributed by atoms with Crippen LogP contribution in [0.1, 0.15) is 38.2 Å². The highest BCUT2D eigenvalue weighted by Crippen LogP contribution is 2.27. The molecule has 2 aliphatic rings. The Kier molecular flexibility index (Phi) is 6.88. The fourth-order valence-electron chi connectivity index (χ4n) is 3.15. The molecule has 2 aliphatic heterocycles. The van der Waals surface area contributed by atoms with Crippen molar-refractivity contribution >= 4 is 11.6 Å². The van der Waals surface area contributed by atoms with E-state index in [0.717, 1.165) is 44.5 Å². The van der Waals surface area contributed by atoms with Gasteiger partial charge in [0, 0.05) is 13.2 Å². The summed E-state index contributed by atoms with van der Waals surface area (Å²) in [5.41, 5.74) is 1.74. The average Bonchev–Trinajstić information content (AvgIpc) is 3.33. The molecule has 1 aromatic carbocycles. The maximum atomic E-state index is 12.5. The van der Waals surface area contributed by atoms with Crippen LogP contribution in [0.15, 0.2) is 18.2 Å². The van der Waals surface area contributed by atoms with Crippen molar-refractivity contribution in [2.75, 3.05) is 31.7 Å². The van der Waals surface area contributed by atoms with Gasteiger partial charge < -0.3 is 24.3 Å². The number of benzene rings is 1. The molecule has 2 saturated heterocycles. The van der Waals surface area contributed by atoms with E-state index in [2.05, 4.69) is 5.32 Å². The average molecular weight is 363 g/mol. The Morgan fingerprint density at radius 3 is 2.54 bits per heavy atom. The summed E-state index contributed by atoms with van der Waals surface area (Å²) in [6.07, 6.45) is 3.83. The van der Waals surface area contributed by atoms with Crippen LogP contribution in [0.2, 0.25) is 0 Å². The van der Waals surface area contributed by atoms with Crippen molar-refractivity contribution in [3.8, 4) is 5.75 Å². The smallest absolute Gasteiger partial charge is 0.253 e. The Morgan fingerprint density at radius 2 is 1.88 bits per heavy atom. The first kappa shape index (κ1) is 19.1. The molecule has 3 atom stereocenters. The van der Waals surface area contributed by atoms with Gasteiger partial charge in [-0.3, -0.25) is 4.79 Å². The van der Waals surface area contributed by atoms with Crippen LogP contribution in [0.25, 0.3) is 0 Å². The molecular weight excluding hydrogens is 334 g/mol. The molecule has 3 rings (SSSR count). The highest BCUT2D eigenvalue weighted by Gasteiger charge is 2.21. The molecule has 144 valence electrons. The number of aryl methyl sites for hydroxylation is 1. The van der Waals surface area contributed by atoms with Crippen LogP contribution < -0.4 is 10.1 Å². The zero-order chi connectivity index (χ0) is 18.4. The third-order valence-electron chi connectivity index (χ3n) is 4.77. The van der Waals surface area contributed by atoms with Crippen molar-refractivity contribution in [3.05, 3.63) is 23.8 Å². The number of rotatable bonds is 8. The number of ether oxygens (including phenoxy) is 4. The normalized spacial score (nSPS) is 23.8. The van der Waals surface area contributed by atoms with Gasteiger partial charge in [-0.1, -0.05) is 6.07 Å². The summed E-state index contributed by atoms with van der Waals surface area (Å²) < 4.78 is 22.7. The van der Waals surface area contributed by atoms with Crippen molar-refractivity contribution in [2.45, 2.75) is 57.8 Å². The summed E-state index contributed by atoms with van der Waals surface area (Å²) in [6, 6.07) is 5.75. The summed E-state index contributed by atoms with van der Waals surface area (Å²) in [5.74, 6) is 0.481. The van der Waals surface area contributed by atoms with E-state index in [1.165, 1.54) is 0 Å². The Morgan fingerprint density at radius 1 is 1.19 bits per heavy atom. The van der Waals surface area contributed by atoms with Gasteiger partial charge in [-0.2, -0.15) is 0 Å². The van der Waals surface area contributed by atoms with Crippen LogP contribution in [-0.4, -0.2) is 50.6 Å². The van der Waals surface area contributed by atoms with E-state index in [0.29, 0.717) is 24.7 Å². The van der Waals surface area contributed by atoms with Crippen LogP contribution in [0.4, 0.5) is 5.69 Å². The van der Waals surface area contributed by atoms with Crippen LogP contribution in [0.5, 0.6) is 5.75 Å². The molecule has 6 nitrogen and oxygen atoms in total. The number of anilines is 1. The van der Waals surface area contributed by atoms with Gasteiger partial charge in [0.05, 0.1) is 24.5 Å².